The average Bonchev–Trinajstić information content (AvgIpc) is 3.44. The van der Waals surface area contributed by atoms with Gasteiger partial charge in [-0.3, -0.25) is 0 Å². The molecular weight excluding hydrogens is 393 g/mol. The highest BCUT2D eigenvalue weighted by Crippen LogP contribution is 2.30. The predicted molar refractivity (Wildman–Crippen MR) is 117 cm³/mol. The van der Waals surface area contributed by atoms with E-state index in [0.717, 1.165) is 51.7 Å². The lowest BCUT2D eigenvalue weighted by Crippen LogP contribution is -2.07. The monoisotopic (exact) mass is 415 g/mol. The van der Waals surface area contributed by atoms with Gasteiger partial charge in [0.05, 0.1) is 28.1 Å². The highest BCUT2D eigenvalue weighted by atomic mass is 19.1. The van der Waals surface area contributed by atoms with Crippen molar-refractivity contribution in [3.63, 3.8) is 0 Å². The van der Waals surface area contributed by atoms with Gasteiger partial charge in [0.25, 0.3) is 0 Å². The van der Waals surface area contributed by atoms with Crippen LogP contribution in [0.1, 0.15) is 29.9 Å². The molecule has 0 atom stereocenters. The van der Waals surface area contributed by atoms with Gasteiger partial charge >= 0.3 is 0 Å². The second-order valence-electron chi connectivity index (χ2n) is 7.57. The van der Waals surface area contributed by atoms with Crippen molar-refractivity contribution >= 4 is 11.0 Å². The summed E-state index contributed by atoms with van der Waals surface area (Å²) in [6.07, 6.45) is 2.31. The Kier molecular flexibility index (Phi) is 4.66. The molecule has 5 rings (SSSR count). The second-order valence-corrected chi connectivity index (χ2v) is 7.57. The molecule has 0 amide bonds. The van der Waals surface area contributed by atoms with Gasteiger partial charge < -0.3 is 9.09 Å². The number of hydrogen-bond acceptors (Lipinski definition) is 4. The molecule has 0 unspecified atom stereocenters. The Morgan fingerprint density at radius 1 is 1.06 bits per heavy atom. The summed E-state index contributed by atoms with van der Waals surface area (Å²) in [5, 5.41) is 8.47. The summed E-state index contributed by atoms with van der Waals surface area (Å²) < 4.78 is 23.0. The fraction of sp³-hybridized carbons (Fsp3) is 0.208. The van der Waals surface area contributed by atoms with Crippen LogP contribution in [0.15, 0.2) is 59.3 Å². The molecule has 0 aliphatic heterocycles. The Bertz CT molecular complexity index is 1380. The van der Waals surface area contributed by atoms with E-state index in [9.17, 15) is 4.39 Å². The predicted octanol–water partition coefficient (Wildman–Crippen LogP) is 5.24. The molecule has 0 aliphatic rings. The van der Waals surface area contributed by atoms with Crippen molar-refractivity contribution in [3.8, 4) is 16.8 Å². The molecule has 0 spiro atoms. The fourth-order valence-corrected chi connectivity index (χ4v) is 4.19. The van der Waals surface area contributed by atoms with Crippen LogP contribution in [0.2, 0.25) is 0 Å². The maximum atomic E-state index is 13.7. The molecule has 3 aromatic heterocycles. The molecule has 0 aliphatic carbocycles. The summed E-state index contributed by atoms with van der Waals surface area (Å²) in [7, 11) is 0. The molecule has 5 aromatic rings. The van der Waals surface area contributed by atoms with E-state index >= 15 is 0 Å². The van der Waals surface area contributed by atoms with Gasteiger partial charge in [0.15, 0.2) is 0 Å². The quantitative estimate of drug-likeness (QED) is 0.394. The van der Waals surface area contributed by atoms with E-state index in [1.165, 1.54) is 12.1 Å². The number of aryl methyl sites for hydroxylation is 3. The zero-order valence-electron chi connectivity index (χ0n) is 17.6. The van der Waals surface area contributed by atoms with Gasteiger partial charge in [0.1, 0.15) is 17.4 Å². The fourth-order valence-electron chi connectivity index (χ4n) is 4.19. The first-order valence-electron chi connectivity index (χ1n) is 10.3. The maximum absolute atomic E-state index is 13.7. The molecule has 3 heterocycles. The van der Waals surface area contributed by atoms with Gasteiger partial charge in [-0.05, 0) is 62.7 Å². The maximum Gasteiger partial charge on any atom is 0.141 e. The molecule has 6 nitrogen and oxygen atoms in total. The van der Waals surface area contributed by atoms with Crippen molar-refractivity contribution in [2.24, 2.45) is 0 Å². The number of fused-ring (bicyclic) bond motifs is 1. The molecule has 0 N–H and O–H groups in total. The van der Waals surface area contributed by atoms with E-state index in [1.807, 2.05) is 26.0 Å². The van der Waals surface area contributed by atoms with Crippen LogP contribution in [-0.4, -0.2) is 24.5 Å². The second kappa shape index (κ2) is 7.50. The minimum absolute atomic E-state index is 0.286. The number of halogens is 1. The van der Waals surface area contributed by atoms with E-state index in [2.05, 4.69) is 39.9 Å². The number of aromatic nitrogens is 5. The number of nitrogens with zero attached hydrogens (tertiary/aromatic N) is 5. The van der Waals surface area contributed by atoms with Crippen LogP contribution in [0.4, 0.5) is 4.39 Å². The first-order chi connectivity index (χ1) is 15.0. The molecule has 0 saturated heterocycles. The highest BCUT2D eigenvalue weighted by Gasteiger charge is 2.17. The molecule has 0 saturated carbocycles. The third-order valence-corrected chi connectivity index (χ3v) is 5.58. The third-order valence-electron chi connectivity index (χ3n) is 5.58. The summed E-state index contributed by atoms with van der Waals surface area (Å²) >= 11 is 0. The highest BCUT2D eigenvalue weighted by molar-refractivity contribution is 5.83. The minimum atomic E-state index is -0.286. The van der Waals surface area contributed by atoms with Crippen LogP contribution in [-0.2, 0) is 13.0 Å². The van der Waals surface area contributed by atoms with Gasteiger partial charge in [-0.15, -0.1) is 0 Å². The first kappa shape index (κ1) is 19.2. The largest absolute Gasteiger partial charge is 0.361 e. The van der Waals surface area contributed by atoms with E-state index in [0.29, 0.717) is 12.1 Å². The third kappa shape index (κ3) is 3.32. The molecule has 31 heavy (non-hydrogen) atoms. The lowest BCUT2D eigenvalue weighted by Gasteiger charge is -2.09. The van der Waals surface area contributed by atoms with Gasteiger partial charge in [-0.1, -0.05) is 17.3 Å². The summed E-state index contributed by atoms with van der Waals surface area (Å²) in [5.41, 5.74) is 6.56. The number of imidazole rings is 1. The Hall–Kier alpha value is -3.74. The summed E-state index contributed by atoms with van der Waals surface area (Å²) in [4.78, 5) is 4.94. The Labute approximate surface area is 178 Å². The van der Waals surface area contributed by atoms with Crippen molar-refractivity contribution in [1.29, 1.82) is 0 Å². The molecular formula is C24H22FN5O. The van der Waals surface area contributed by atoms with Crippen molar-refractivity contribution < 1.29 is 8.91 Å². The average molecular weight is 415 g/mol. The topological polar surface area (TPSA) is 61.7 Å². The summed E-state index contributed by atoms with van der Waals surface area (Å²) in [6.45, 7) is 6.77. The number of hydrogen-bond donors (Lipinski definition) is 0. The summed E-state index contributed by atoms with van der Waals surface area (Å²) in [6, 6.07) is 14.7. The van der Waals surface area contributed by atoms with Crippen LogP contribution in [0.25, 0.3) is 27.8 Å². The van der Waals surface area contributed by atoms with Gasteiger partial charge in [-0.2, -0.15) is 5.10 Å². The Balaban J connectivity index is 1.56. The SMILES string of the molecule is CCn1c(Cc2ccnn2-c2cccc(F)c2)nc2cc(-c3c(C)noc3C)ccc21. The van der Waals surface area contributed by atoms with Crippen LogP contribution in [0, 0.1) is 19.7 Å². The zero-order chi connectivity index (χ0) is 21.5. The first-order valence-corrected chi connectivity index (χ1v) is 10.3. The molecule has 156 valence electrons. The van der Waals surface area contributed by atoms with Crippen LogP contribution in [0.3, 0.4) is 0 Å². The van der Waals surface area contributed by atoms with E-state index in [1.54, 1.807) is 16.9 Å². The Morgan fingerprint density at radius 2 is 1.94 bits per heavy atom. The van der Waals surface area contributed by atoms with Crippen LogP contribution < -0.4 is 0 Å². The van der Waals surface area contributed by atoms with Gasteiger partial charge in [-0.25, -0.2) is 14.1 Å². The summed E-state index contributed by atoms with van der Waals surface area (Å²) in [5.74, 6) is 1.45. The zero-order valence-corrected chi connectivity index (χ0v) is 17.6. The lowest BCUT2D eigenvalue weighted by atomic mass is 10.0. The van der Waals surface area contributed by atoms with E-state index in [-0.39, 0.29) is 5.82 Å². The minimum Gasteiger partial charge on any atom is -0.361 e. The smallest absolute Gasteiger partial charge is 0.141 e. The molecule has 0 fully saturated rings. The number of rotatable bonds is 5. The number of benzene rings is 2. The van der Waals surface area contributed by atoms with Crippen molar-refractivity contribution in [2.45, 2.75) is 33.7 Å². The van der Waals surface area contributed by atoms with Crippen molar-refractivity contribution in [2.75, 3.05) is 0 Å². The molecule has 0 radical (unpaired) electrons. The normalized spacial score (nSPS) is 11.5. The van der Waals surface area contributed by atoms with Crippen LogP contribution >= 0.6 is 0 Å². The van der Waals surface area contributed by atoms with Gasteiger partial charge in [0, 0.05) is 24.7 Å². The molecule has 0 bridgehead atoms. The standard InChI is InChI=1S/C24H22FN5O/c1-4-29-22-9-8-17(24-15(2)28-31-16(24)3)12-21(22)27-23(29)14-20-10-11-26-30(20)19-7-5-6-18(25)13-19/h5-13H,4,14H2,1-3H3. The molecule has 2 aromatic carbocycles. The Morgan fingerprint density at radius 3 is 2.68 bits per heavy atom. The van der Waals surface area contributed by atoms with Crippen molar-refractivity contribution in [3.05, 3.63) is 83.5 Å². The van der Waals surface area contributed by atoms with Crippen molar-refractivity contribution in [1.82, 2.24) is 24.5 Å². The lowest BCUT2D eigenvalue weighted by molar-refractivity contribution is 0.393. The van der Waals surface area contributed by atoms with Gasteiger partial charge in [0.2, 0.25) is 0 Å². The van der Waals surface area contributed by atoms with E-state index in [4.69, 9.17) is 9.51 Å². The van der Waals surface area contributed by atoms with E-state index < -0.39 is 0 Å². The van der Waals surface area contributed by atoms with Crippen LogP contribution in [0.5, 0.6) is 0 Å². The molecule has 7 heteroatoms.